The van der Waals surface area contributed by atoms with Crippen LogP contribution < -0.4 is 62.0 Å². The number of benzene rings is 14. The molecule has 94 heavy (non-hydrogen) atoms. The van der Waals surface area contributed by atoms with E-state index in [4.69, 9.17) is 4.74 Å². The van der Waals surface area contributed by atoms with Gasteiger partial charge in [0.15, 0.2) is 0 Å². The zero-order valence-electron chi connectivity index (χ0n) is 50.7. The molecular weight excluding hydrogens is 1370 g/mol. The van der Waals surface area contributed by atoms with Crippen molar-refractivity contribution < 1.29 is 4.74 Å². The van der Waals surface area contributed by atoms with Gasteiger partial charge >= 0.3 is 393 Å². The number of anilines is 15. The van der Waals surface area contributed by atoms with Gasteiger partial charge in [-0.25, -0.2) is 0 Å². The first kappa shape index (κ1) is 54.2. The van der Waals surface area contributed by atoms with E-state index in [2.05, 4.69) is 346 Å². The van der Waals surface area contributed by atoms with Gasteiger partial charge in [-0.2, -0.15) is 0 Å². The summed E-state index contributed by atoms with van der Waals surface area (Å²) in [4.78, 5) is 12.5. The Kier molecular flexibility index (Phi) is 12.4. The summed E-state index contributed by atoms with van der Waals surface area (Å²) in [6, 6.07) is 120. The van der Waals surface area contributed by atoms with Crippen molar-refractivity contribution in [1.82, 2.24) is 0 Å². The molecule has 0 saturated carbocycles. The molecule has 4 aliphatic rings. The summed E-state index contributed by atoms with van der Waals surface area (Å²) >= 11 is -1.25. The molecule has 0 unspecified atom stereocenters. The summed E-state index contributed by atoms with van der Waals surface area (Å²) in [6.07, 6.45) is 0. The van der Waals surface area contributed by atoms with Crippen molar-refractivity contribution in [1.29, 1.82) is 0 Å². The third-order valence-corrected chi connectivity index (χ3v) is 26.0. The van der Waals surface area contributed by atoms with Crippen molar-refractivity contribution in [2.24, 2.45) is 0 Å². The number of nitrogens with zero attached hydrogens (tertiary/aromatic N) is 5. The molecule has 10 heteroatoms. The first-order valence-corrected chi connectivity index (χ1v) is 36.8. The third-order valence-electron chi connectivity index (χ3n) is 19.6. The number of ether oxygens (including phenoxy) is 1. The summed E-state index contributed by atoms with van der Waals surface area (Å²) in [7, 11) is 0. The van der Waals surface area contributed by atoms with E-state index in [1.54, 1.807) is 0 Å². The number of hydrogen-bond acceptors (Lipinski definition) is 6. The number of fused-ring (bicyclic) bond motifs is 14. The zero-order chi connectivity index (χ0) is 61.5. The van der Waals surface area contributed by atoms with E-state index in [9.17, 15) is 0 Å². The monoisotopic (exact) mass is 1430 g/mol. The molecule has 6 heterocycles. The molecule has 0 radical (unpaired) electrons. The topological polar surface area (TPSA) is 25.4 Å². The van der Waals surface area contributed by atoms with Gasteiger partial charge in [-0.1, -0.05) is 72.8 Å². The number of rotatable bonds is 9. The second-order valence-electron chi connectivity index (χ2n) is 24.7. The molecule has 0 amide bonds. The van der Waals surface area contributed by atoms with E-state index in [-0.39, 0.29) is 13.4 Å². The van der Waals surface area contributed by atoms with Gasteiger partial charge in [0.2, 0.25) is 0 Å². The molecule has 0 spiro atoms. The molecule has 0 saturated heterocycles. The summed E-state index contributed by atoms with van der Waals surface area (Å²) in [5.41, 5.74) is 23.9. The summed E-state index contributed by atoms with van der Waals surface area (Å²) in [6.45, 7) is -0.335. The van der Waals surface area contributed by atoms with Crippen LogP contribution in [-0.2, 0) is 0 Å². The fourth-order valence-corrected chi connectivity index (χ4v) is 22.2. The minimum absolute atomic E-state index is 0.165. The Balaban J connectivity index is 0.861. The van der Waals surface area contributed by atoms with Gasteiger partial charge in [0, 0.05) is 34.5 Å². The van der Waals surface area contributed by atoms with Crippen LogP contribution in [0.5, 0.6) is 11.5 Å². The maximum atomic E-state index is 7.78. The van der Waals surface area contributed by atoms with Gasteiger partial charge in [-0.15, -0.1) is 0 Å². The van der Waals surface area contributed by atoms with E-state index in [1.807, 2.05) is 0 Å². The standard InChI is InChI=1S/C84H53B2N5OTe2/c1-6-24-54(25-7-1)87(55-26-8-2-9-27-55)62-48-76-84-78(49-62)92-77-53-73-69(52-70(77)86(84)68-37-19-20-38-71(68)89(76)57-30-12-4-13-31-57)85-67-36-18-21-39-72(67)91(60-43-45-66-64-35-17-23-41-80(64)94-82(66)51-60)75-47-61(46-74(83(75)85)90(73)58-32-14-5-15-33-58)88(56-28-10-3-11-29-56)59-42-44-65-63-34-16-22-40-79(63)93-81(65)50-59/h1-53H. The average Bonchev–Trinajstić information content (AvgIpc) is 0.975. The quantitative estimate of drug-likeness (QED) is 0.134. The van der Waals surface area contributed by atoms with Crippen LogP contribution in [0.3, 0.4) is 0 Å². The zero-order valence-corrected chi connectivity index (χ0v) is 55.4. The first-order chi connectivity index (χ1) is 46.6. The van der Waals surface area contributed by atoms with Gasteiger partial charge in [-0.05, 0) is 48.5 Å². The molecule has 438 valence electrons. The molecule has 20 rings (SSSR count). The maximum absolute atomic E-state index is 7.78. The fraction of sp³-hybridized carbons (Fsp3) is 0. The van der Waals surface area contributed by atoms with Crippen LogP contribution in [0.25, 0.3) is 35.2 Å². The van der Waals surface area contributed by atoms with Crippen LogP contribution in [0.15, 0.2) is 322 Å². The van der Waals surface area contributed by atoms with Crippen molar-refractivity contribution in [2.45, 2.75) is 0 Å². The van der Waals surface area contributed by atoms with Gasteiger partial charge in [0.25, 0.3) is 0 Å². The minimum Gasteiger partial charge on any atom is -0.0602 e. The van der Waals surface area contributed by atoms with Crippen LogP contribution in [0, 0.1) is 0 Å². The van der Waals surface area contributed by atoms with Crippen molar-refractivity contribution in [3.05, 3.63) is 322 Å². The van der Waals surface area contributed by atoms with E-state index >= 15 is 0 Å². The predicted octanol–water partition coefficient (Wildman–Crippen LogP) is 17.8. The van der Waals surface area contributed by atoms with Crippen LogP contribution >= 0.6 is 0 Å². The van der Waals surface area contributed by atoms with Crippen molar-refractivity contribution in [3.63, 3.8) is 0 Å². The van der Waals surface area contributed by atoms with E-state index in [1.165, 1.54) is 74.1 Å². The van der Waals surface area contributed by atoms with Crippen LogP contribution in [0.4, 0.5) is 85.3 Å². The van der Waals surface area contributed by atoms with Gasteiger partial charge in [-0.3, -0.25) is 0 Å². The number of hydrogen-bond donors (Lipinski definition) is 0. The molecule has 0 bridgehead atoms. The largest absolute Gasteiger partial charge is 0.0602 e. The van der Waals surface area contributed by atoms with Crippen molar-refractivity contribution >= 4 is 208 Å². The van der Waals surface area contributed by atoms with E-state index < -0.39 is 40.9 Å². The Hall–Kier alpha value is -10.4. The van der Waals surface area contributed by atoms with Crippen LogP contribution in [0.1, 0.15) is 0 Å². The molecular formula is C84H53B2N5OTe2. The molecule has 2 aromatic heterocycles. The van der Waals surface area contributed by atoms with Crippen LogP contribution in [0.2, 0.25) is 0 Å². The summed E-state index contributed by atoms with van der Waals surface area (Å²) < 4.78 is 13.7. The Morgan fingerprint density at radius 3 is 1.24 bits per heavy atom. The molecule has 14 aromatic carbocycles. The molecule has 4 aliphatic heterocycles. The molecule has 0 N–H and O–H groups in total. The maximum Gasteiger partial charge on any atom is -0.0380 e. The minimum atomic E-state index is -0.635. The fourth-order valence-electron chi connectivity index (χ4n) is 15.7. The Morgan fingerprint density at radius 2 is 0.670 bits per heavy atom. The number of para-hydroxylation sites is 7. The normalized spacial score (nSPS) is 13.1. The Morgan fingerprint density at radius 1 is 0.245 bits per heavy atom. The van der Waals surface area contributed by atoms with E-state index in [0.717, 1.165) is 90.7 Å². The molecule has 0 aliphatic carbocycles. The third kappa shape index (κ3) is 8.37. The molecule has 16 aromatic rings. The van der Waals surface area contributed by atoms with E-state index in [0.29, 0.717) is 0 Å². The SMILES string of the molecule is c1ccc(N(c2ccccc2)c2cc3c4c(c2)N(c2ccccc2)c2ccccc2B4c2cc4c(cc2O3)N(c2ccccc2)c2cc(N(c3ccccc3)c3ccc5c(c3)[te]c3ccccc35)cc3c2B4c2ccccc2N3c2ccc3c(c2)[te]c2ccccc23)cc1. The molecule has 0 fully saturated rings. The molecule has 6 nitrogen and oxygen atoms in total. The van der Waals surface area contributed by atoms with Crippen molar-refractivity contribution in [3.8, 4) is 11.5 Å². The summed E-state index contributed by atoms with van der Waals surface area (Å²) in [5, 5.41) is 5.50. The summed E-state index contributed by atoms with van der Waals surface area (Å²) in [5.74, 6) is 1.68. The smallest absolute Gasteiger partial charge is 0.0380 e. The van der Waals surface area contributed by atoms with Gasteiger partial charge in [0.05, 0.1) is 5.69 Å². The second-order valence-corrected chi connectivity index (χ2v) is 30.9. The van der Waals surface area contributed by atoms with Gasteiger partial charge in [0.1, 0.15) is 5.75 Å². The predicted molar refractivity (Wildman–Crippen MR) is 400 cm³/mol. The van der Waals surface area contributed by atoms with Crippen LogP contribution in [-0.4, -0.2) is 54.3 Å². The van der Waals surface area contributed by atoms with Crippen molar-refractivity contribution in [2.75, 3.05) is 24.5 Å². The second kappa shape index (κ2) is 21.6. The Bertz CT molecular complexity index is 5690. The average molecular weight is 1430 g/mol. The Labute approximate surface area is 565 Å². The molecule has 0 atom stereocenters. The first-order valence-electron chi connectivity index (χ1n) is 32.1. The van der Waals surface area contributed by atoms with Gasteiger partial charge < -0.3 is 9.80 Å².